The number of rotatable bonds is 3. The monoisotopic (exact) mass is 390 g/mol. The summed E-state index contributed by atoms with van der Waals surface area (Å²) >= 11 is 6.03. The Labute approximate surface area is 158 Å². The molecule has 0 fully saturated rings. The maximum absolute atomic E-state index is 14.6. The van der Waals surface area contributed by atoms with Crippen LogP contribution in [0.4, 0.5) is 24.7 Å². The van der Waals surface area contributed by atoms with E-state index in [1.54, 1.807) is 30.3 Å². The zero-order valence-corrected chi connectivity index (χ0v) is 14.7. The number of alkyl halides is 3. The maximum atomic E-state index is 14.6. The molecule has 3 aromatic rings. The number of halogens is 4. The van der Waals surface area contributed by atoms with Crippen LogP contribution >= 0.6 is 11.6 Å². The molecule has 1 aliphatic rings. The topological polar surface area (TPSA) is 34.1 Å². The summed E-state index contributed by atoms with van der Waals surface area (Å²) in [6, 6.07) is 15.9. The van der Waals surface area contributed by atoms with Crippen LogP contribution < -0.4 is 5.32 Å². The van der Waals surface area contributed by atoms with Crippen molar-refractivity contribution in [2.75, 3.05) is 5.32 Å². The fourth-order valence-electron chi connectivity index (χ4n) is 3.29. The van der Waals surface area contributed by atoms with Crippen LogP contribution in [-0.4, -0.2) is 11.2 Å². The molecule has 1 unspecified atom stereocenters. The predicted octanol–water partition coefficient (Wildman–Crippen LogP) is 5.81. The molecule has 1 atom stereocenters. The van der Waals surface area contributed by atoms with Crippen molar-refractivity contribution in [3.05, 3.63) is 88.6 Å². The van der Waals surface area contributed by atoms with Crippen LogP contribution in [0.3, 0.4) is 0 Å². The van der Waals surface area contributed by atoms with Gasteiger partial charge in [-0.25, -0.2) is 4.98 Å². The van der Waals surface area contributed by atoms with E-state index in [1.807, 2.05) is 0 Å². The minimum Gasteiger partial charge on any atom is -0.352 e. The zero-order chi connectivity index (χ0) is 19.1. The summed E-state index contributed by atoms with van der Waals surface area (Å²) in [5.74, 6) is 0.109. The van der Waals surface area contributed by atoms with Gasteiger partial charge in [-0.15, -0.1) is 0 Å². The van der Waals surface area contributed by atoms with E-state index in [9.17, 15) is 13.2 Å². The molecule has 138 valence electrons. The van der Waals surface area contributed by atoms with Crippen molar-refractivity contribution in [3.8, 4) is 0 Å². The molecule has 0 radical (unpaired) electrons. The maximum Gasteiger partial charge on any atom is 0.426 e. The number of nitrogens with one attached hydrogen (secondary N) is 1. The van der Waals surface area contributed by atoms with Crippen LogP contribution in [0.1, 0.15) is 16.7 Å². The number of anilines is 2. The highest BCUT2D eigenvalue weighted by atomic mass is 35.5. The standard InChI is InChI=1S/C20H14ClF3N2O/c21-14-8-9-17-16(11-14)19(20(22,23)24,15-7-4-10-25-18(15)26-17)27-12-13-5-2-1-3-6-13/h1-11H,12H2,(H,25,26). The van der Waals surface area contributed by atoms with E-state index in [0.29, 0.717) is 5.56 Å². The van der Waals surface area contributed by atoms with Crippen molar-refractivity contribution >= 4 is 23.1 Å². The number of pyridine rings is 1. The molecule has 1 aliphatic heterocycles. The van der Waals surface area contributed by atoms with Gasteiger partial charge in [0, 0.05) is 28.0 Å². The molecule has 1 aromatic heterocycles. The van der Waals surface area contributed by atoms with Crippen LogP contribution in [-0.2, 0) is 16.9 Å². The first-order valence-electron chi connectivity index (χ1n) is 8.19. The van der Waals surface area contributed by atoms with E-state index in [1.165, 1.54) is 36.5 Å². The summed E-state index contributed by atoms with van der Waals surface area (Å²) < 4.78 is 49.4. The van der Waals surface area contributed by atoms with Crippen LogP contribution in [0.2, 0.25) is 5.02 Å². The second-order valence-corrected chi connectivity index (χ2v) is 6.60. The van der Waals surface area contributed by atoms with E-state index in [0.717, 1.165) is 0 Å². The zero-order valence-electron chi connectivity index (χ0n) is 13.9. The first-order chi connectivity index (χ1) is 12.9. The van der Waals surface area contributed by atoms with Crippen molar-refractivity contribution in [2.24, 2.45) is 0 Å². The first-order valence-corrected chi connectivity index (χ1v) is 8.57. The minimum absolute atomic E-state index is 0.0843. The molecule has 0 spiro atoms. The Balaban J connectivity index is 1.93. The van der Waals surface area contributed by atoms with E-state index >= 15 is 0 Å². The van der Waals surface area contributed by atoms with Crippen molar-refractivity contribution in [1.29, 1.82) is 0 Å². The van der Waals surface area contributed by atoms with Crippen LogP contribution in [0.25, 0.3) is 0 Å². The third-order valence-corrected chi connectivity index (χ3v) is 4.73. The quantitative estimate of drug-likeness (QED) is 0.612. The molecule has 2 heterocycles. The Hall–Kier alpha value is -2.57. The molecule has 27 heavy (non-hydrogen) atoms. The predicted molar refractivity (Wildman–Crippen MR) is 97.0 cm³/mol. The van der Waals surface area contributed by atoms with Crippen LogP contribution in [0.15, 0.2) is 66.9 Å². The number of hydrogen-bond donors (Lipinski definition) is 1. The molecule has 4 rings (SSSR count). The number of fused-ring (bicyclic) bond motifs is 2. The van der Waals surface area contributed by atoms with Crippen molar-refractivity contribution in [1.82, 2.24) is 4.98 Å². The number of aromatic nitrogens is 1. The van der Waals surface area contributed by atoms with Gasteiger partial charge in [0.1, 0.15) is 5.82 Å². The molecule has 0 amide bonds. The average molecular weight is 391 g/mol. The summed E-state index contributed by atoms with van der Waals surface area (Å²) in [6.45, 7) is -0.222. The lowest BCUT2D eigenvalue weighted by molar-refractivity contribution is -0.270. The molecule has 7 heteroatoms. The molecule has 0 saturated carbocycles. The lowest BCUT2D eigenvalue weighted by Crippen LogP contribution is -2.48. The van der Waals surface area contributed by atoms with E-state index in [2.05, 4.69) is 10.3 Å². The van der Waals surface area contributed by atoms with Gasteiger partial charge in [-0.3, -0.25) is 0 Å². The van der Waals surface area contributed by atoms with Gasteiger partial charge in [0.2, 0.25) is 5.60 Å². The summed E-state index contributed by atoms with van der Waals surface area (Å²) in [5.41, 5.74) is -1.97. The van der Waals surface area contributed by atoms with E-state index < -0.39 is 11.8 Å². The molecule has 0 saturated heterocycles. The molecule has 2 aromatic carbocycles. The molecule has 1 N–H and O–H groups in total. The Morgan fingerprint density at radius 2 is 1.78 bits per heavy atom. The van der Waals surface area contributed by atoms with Crippen LogP contribution in [0.5, 0.6) is 0 Å². The summed E-state index contributed by atoms with van der Waals surface area (Å²) in [5, 5.41) is 3.14. The molecule has 0 aliphatic carbocycles. The molecular formula is C20H14ClF3N2O. The Bertz CT molecular complexity index is 978. The number of benzene rings is 2. The smallest absolute Gasteiger partial charge is 0.352 e. The summed E-state index contributed by atoms with van der Waals surface area (Å²) in [4.78, 5) is 4.08. The summed E-state index contributed by atoms with van der Waals surface area (Å²) in [6.07, 6.45) is -3.30. The number of nitrogens with zero attached hydrogens (tertiary/aromatic N) is 1. The Morgan fingerprint density at radius 3 is 2.52 bits per heavy atom. The van der Waals surface area contributed by atoms with Gasteiger partial charge in [-0.05, 0) is 29.8 Å². The lowest BCUT2D eigenvalue weighted by Gasteiger charge is -2.41. The third kappa shape index (κ3) is 2.95. The molecule has 0 bridgehead atoms. The van der Waals surface area contributed by atoms with Gasteiger partial charge >= 0.3 is 6.18 Å². The third-order valence-electron chi connectivity index (χ3n) is 4.50. The minimum atomic E-state index is -4.74. The second kappa shape index (κ2) is 6.55. The average Bonchev–Trinajstić information content (AvgIpc) is 2.65. The highest BCUT2D eigenvalue weighted by Gasteiger charge is 2.62. The highest BCUT2D eigenvalue weighted by Crippen LogP contribution is 2.55. The second-order valence-electron chi connectivity index (χ2n) is 6.17. The molecule has 3 nitrogen and oxygen atoms in total. The first kappa shape index (κ1) is 17.8. The SMILES string of the molecule is FC(F)(F)C1(OCc2ccccc2)c2cc(Cl)ccc2Nc2ncccc21. The summed E-state index contributed by atoms with van der Waals surface area (Å²) in [7, 11) is 0. The number of hydrogen-bond acceptors (Lipinski definition) is 3. The highest BCUT2D eigenvalue weighted by molar-refractivity contribution is 6.30. The van der Waals surface area contributed by atoms with E-state index in [-0.39, 0.29) is 34.3 Å². The molecular weight excluding hydrogens is 377 g/mol. The van der Waals surface area contributed by atoms with Crippen molar-refractivity contribution in [2.45, 2.75) is 18.4 Å². The van der Waals surface area contributed by atoms with Gasteiger partial charge in [0.25, 0.3) is 0 Å². The van der Waals surface area contributed by atoms with Gasteiger partial charge in [0.15, 0.2) is 0 Å². The normalized spacial score (nSPS) is 18.4. The Morgan fingerprint density at radius 1 is 1.00 bits per heavy atom. The number of ether oxygens (including phenoxy) is 1. The fraction of sp³-hybridized carbons (Fsp3) is 0.150. The van der Waals surface area contributed by atoms with Gasteiger partial charge in [-0.1, -0.05) is 48.0 Å². The largest absolute Gasteiger partial charge is 0.426 e. The van der Waals surface area contributed by atoms with Crippen LogP contribution in [0, 0.1) is 0 Å². The Kier molecular flexibility index (Phi) is 4.32. The van der Waals surface area contributed by atoms with Gasteiger partial charge in [-0.2, -0.15) is 13.2 Å². The van der Waals surface area contributed by atoms with Gasteiger partial charge < -0.3 is 10.1 Å². The fourth-order valence-corrected chi connectivity index (χ4v) is 3.46. The van der Waals surface area contributed by atoms with Gasteiger partial charge in [0.05, 0.1) is 6.61 Å². The lowest BCUT2D eigenvalue weighted by atomic mass is 9.82. The van der Waals surface area contributed by atoms with Crippen molar-refractivity contribution < 1.29 is 17.9 Å². The van der Waals surface area contributed by atoms with E-state index in [4.69, 9.17) is 16.3 Å². The van der Waals surface area contributed by atoms with Crippen molar-refractivity contribution in [3.63, 3.8) is 0 Å².